The monoisotopic (exact) mass is 439 g/mol. The lowest BCUT2D eigenvalue weighted by Crippen LogP contribution is -2.29. The van der Waals surface area contributed by atoms with E-state index in [0.717, 1.165) is 43.0 Å². The fraction of sp³-hybridized carbons (Fsp3) is 0.333. The van der Waals surface area contributed by atoms with Gasteiger partial charge in [-0.3, -0.25) is 0 Å². The smallest absolute Gasteiger partial charge is 0.433 e. The zero-order chi connectivity index (χ0) is 20.3. The summed E-state index contributed by atoms with van der Waals surface area (Å²) in [6.07, 6.45) is 3.74. The van der Waals surface area contributed by atoms with Gasteiger partial charge in [-0.05, 0) is 49.8 Å². The zero-order valence-electron chi connectivity index (χ0n) is 15.3. The first-order valence-corrected chi connectivity index (χ1v) is 12.2. The Morgan fingerprint density at radius 2 is 1.96 bits per heavy atom. The molecule has 2 aromatic rings. The third-order valence-corrected chi connectivity index (χ3v) is 8.79. The topological polar surface area (TPSA) is 113 Å². The number of sulfone groups is 1. The van der Waals surface area contributed by atoms with Gasteiger partial charge in [0.05, 0.1) is 18.9 Å². The number of benzene rings is 1. The molecule has 1 aliphatic rings. The van der Waals surface area contributed by atoms with Gasteiger partial charge in [0.15, 0.2) is 0 Å². The number of thioether (sulfide) groups is 1. The molecule has 0 atom stereocenters. The third kappa shape index (κ3) is 4.34. The minimum absolute atomic E-state index is 0.124. The lowest BCUT2D eigenvalue weighted by molar-refractivity contribution is 0.205. The van der Waals surface area contributed by atoms with Crippen molar-refractivity contribution in [2.75, 3.05) is 24.2 Å². The molecule has 1 saturated heterocycles. The number of carbonyl (C=O) groups is 1. The van der Waals surface area contributed by atoms with Crippen LogP contribution in [0.25, 0.3) is 0 Å². The van der Waals surface area contributed by atoms with Crippen molar-refractivity contribution < 1.29 is 18.3 Å². The molecule has 3 N–H and O–H groups in total. The van der Waals surface area contributed by atoms with Gasteiger partial charge in [0.1, 0.15) is 5.84 Å². The maximum Gasteiger partial charge on any atom is 0.433 e. The van der Waals surface area contributed by atoms with Crippen LogP contribution in [0.5, 0.6) is 0 Å². The quantitative estimate of drug-likeness (QED) is 0.415. The van der Waals surface area contributed by atoms with Crippen molar-refractivity contribution in [3.8, 4) is 0 Å². The first-order valence-electron chi connectivity index (χ1n) is 8.68. The minimum Gasteiger partial charge on any atom is -0.463 e. The Kier molecular flexibility index (Phi) is 6.31. The van der Waals surface area contributed by atoms with Crippen molar-refractivity contribution in [2.24, 2.45) is 10.7 Å². The highest BCUT2D eigenvalue weighted by atomic mass is 32.2. The number of nitrogens with two attached hydrogens (primary N) is 1. The van der Waals surface area contributed by atoms with Crippen LogP contribution in [0.2, 0.25) is 0 Å². The Bertz CT molecular complexity index is 1010. The second kappa shape index (κ2) is 8.54. The molecule has 0 saturated carbocycles. The SMILES string of the molecule is CSc1sc(/C(N)=N\C(=O)O)cc1S(=O)(=O)c1cccc(N2CCCCC2)c1. The molecule has 150 valence electrons. The zero-order valence-corrected chi connectivity index (χ0v) is 17.7. The highest BCUT2D eigenvalue weighted by Gasteiger charge is 2.26. The molecule has 1 amide bonds. The molecule has 0 bridgehead atoms. The van der Waals surface area contributed by atoms with Gasteiger partial charge in [-0.2, -0.15) is 4.99 Å². The van der Waals surface area contributed by atoms with Gasteiger partial charge in [-0.25, -0.2) is 13.2 Å². The molecule has 3 rings (SSSR count). The number of piperidine rings is 1. The van der Waals surface area contributed by atoms with Crippen molar-refractivity contribution in [1.29, 1.82) is 0 Å². The number of aliphatic imine (C=N–C) groups is 1. The lowest BCUT2D eigenvalue weighted by Gasteiger charge is -2.29. The number of anilines is 1. The number of hydrogen-bond acceptors (Lipinski definition) is 6. The van der Waals surface area contributed by atoms with E-state index in [1.165, 1.54) is 24.2 Å². The summed E-state index contributed by atoms with van der Waals surface area (Å²) < 4.78 is 27.1. The summed E-state index contributed by atoms with van der Waals surface area (Å²) in [5.74, 6) is -0.212. The molecule has 1 aromatic heterocycles. The molecule has 10 heteroatoms. The molecule has 1 aromatic carbocycles. The van der Waals surface area contributed by atoms with Crippen LogP contribution in [-0.4, -0.2) is 44.8 Å². The Morgan fingerprint density at radius 3 is 2.61 bits per heavy atom. The predicted octanol–water partition coefficient (Wildman–Crippen LogP) is 3.68. The highest BCUT2D eigenvalue weighted by molar-refractivity contribution is 8.01. The summed E-state index contributed by atoms with van der Waals surface area (Å²) in [5.41, 5.74) is 6.60. The number of hydrogen-bond donors (Lipinski definition) is 2. The number of thiophene rings is 1. The second-order valence-corrected chi connectivity index (χ2v) is 10.3. The van der Waals surface area contributed by atoms with E-state index < -0.39 is 15.9 Å². The van der Waals surface area contributed by atoms with Gasteiger partial charge >= 0.3 is 6.09 Å². The molecular formula is C18H21N3O4S3. The van der Waals surface area contributed by atoms with Gasteiger partial charge in [-0.15, -0.1) is 23.1 Å². The first-order chi connectivity index (χ1) is 13.3. The molecule has 0 spiro atoms. The normalized spacial score (nSPS) is 15.6. The molecule has 0 radical (unpaired) electrons. The van der Waals surface area contributed by atoms with E-state index in [-0.39, 0.29) is 15.6 Å². The number of amidine groups is 1. The van der Waals surface area contributed by atoms with Crippen molar-refractivity contribution >= 4 is 50.6 Å². The minimum atomic E-state index is -3.78. The summed E-state index contributed by atoms with van der Waals surface area (Å²) >= 11 is 2.39. The molecule has 28 heavy (non-hydrogen) atoms. The van der Waals surface area contributed by atoms with Gasteiger partial charge in [0.25, 0.3) is 0 Å². The number of carboxylic acid groups (broad SMARTS) is 1. The van der Waals surface area contributed by atoms with E-state index in [1.54, 1.807) is 24.5 Å². The van der Waals surface area contributed by atoms with Gasteiger partial charge in [0.2, 0.25) is 9.84 Å². The van der Waals surface area contributed by atoms with E-state index in [2.05, 4.69) is 9.89 Å². The number of amides is 1. The van der Waals surface area contributed by atoms with Crippen LogP contribution in [0.3, 0.4) is 0 Å². The molecule has 2 heterocycles. The Labute approximate surface area is 172 Å². The summed E-state index contributed by atoms with van der Waals surface area (Å²) in [5, 5.41) is 8.78. The highest BCUT2D eigenvalue weighted by Crippen LogP contribution is 2.37. The van der Waals surface area contributed by atoms with Crippen LogP contribution >= 0.6 is 23.1 Å². The Morgan fingerprint density at radius 1 is 1.25 bits per heavy atom. The number of nitrogens with zero attached hydrogens (tertiary/aromatic N) is 2. The molecule has 0 aliphatic carbocycles. The Hall–Kier alpha value is -2.04. The van der Waals surface area contributed by atoms with Crippen LogP contribution in [0.1, 0.15) is 24.1 Å². The van der Waals surface area contributed by atoms with E-state index in [0.29, 0.717) is 9.09 Å². The van der Waals surface area contributed by atoms with Gasteiger partial charge < -0.3 is 15.7 Å². The van der Waals surface area contributed by atoms with E-state index in [4.69, 9.17) is 10.8 Å². The first kappa shape index (κ1) is 20.7. The maximum absolute atomic E-state index is 13.3. The van der Waals surface area contributed by atoms with Crippen molar-refractivity contribution in [2.45, 2.75) is 33.3 Å². The number of rotatable bonds is 5. The largest absolute Gasteiger partial charge is 0.463 e. The van der Waals surface area contributed by atoms with Crippen LogP contribution in [0, 0.1) is 0 Å². The van der Waals surface area contributed by atoms with Gasteiger partial charge in [0, 0.05) is 18.8 Å². The average molecular weight is 440 g/mol. The van der Waals surface area contributed by atoms with Crippen molar-refractivity contribution in [1.82, 2.24) is 0 Å². The molecular weight excluding hydrogens is 418 g/mol. The molecule has 7 nitrogen and oxygen atoms in total. The summed E-state index contributed by atoms with van der Waals surface area (Å²) in [6, 6.07) is 8.37. The van der Waals surface area contributed by atoms with E-state index >= 15 is 0 Å². The fourth-order valence-corrected chi connectivity index (χ4v) is 7.03. The fourth-order valence-electron chi connectivity index (χ4n) is 3.10. The summed E-state index contributed by atoms with van der Waals surface area (Å²) in [6.45, 7) is 1.84. The second-order valence-electron chi connectivity index (χ2n) is 6.29. The maximum atomic E-state index is 13.3. The van der Waals surface area contributed by atoms with E-state index in [9.17, 15) is 13.2 Å². The lowest BCUT2D eigenvalue weighted by atomic mass is 10.1. The molecule has 0 unspecified atom stereocenters. The summed E-state index contributed by atoms with van der Waals surface area (Å²) in [7, 11) is -3.78. The predicted molar refractivity (Wildman–Crippen MR) is 113 cm³/mol. The summed E-state index contributed by atoms with van der Waals surface area (Å²) in [4.78, 5) is 16.9. The van der Waals surface area contributed by atoms with Crippen LogP contribution in [-0.2, 0) is 9.84 Å². The van der Waals surface area contributed by atoms with Crippen molar-refractivity contribution in [3.63, 3.8) is 0 Å². The van der Waals surface area contributed by atoms with Crippen LogP contribution < -0.4 is 10.6 Å². The average Bonchev–Trinajstić information content (AvgIpc) is 3.14. The van der Waals surface area contributed by atoms with Crippen molar-refractivity contribution in [3.05, 3.63) is 35.2 Å². The van der Waals surface area contributed by atoms with Crippen LogP contribution in [0.15, 0.2) is 49.3 Å². The van der Waals surface area contributed by atoms with Crippen LogP contribution in [0.4, 0.5) is 10.5 Å². The Balaban J connectivity index is 2.01. The molecule has 1 fully saturated rings. The van der Waals surface area contributed by atoms with Gasteiger partial charge in [-0.1, -0.05) is 6.07 Å². The third-order valence-electron chi connectivity index (χ3n) is 4.46. The molecule has 1 aliphatic heterocycles. The van der Waals surface area contributed by atoms with E-state index in [1.807, 2.05) is 6.07 Å². The standard InChI is InChI=1S/C18H21N3O4S3/c1-26-17-15(11-14(27-17)16(19)20-18(22)23)28(24,25)13-7-5-6-12(10-13)21-8-3-2-4-9-21/h5-7,10-11H,2-4,8-9H2,1H3,(H2,19,20)(H,22,23).